The van der Waals surface area contributed by atoms with Crippen molar-refractivity contribution in [3.8, 4) is 5.75 Å². The highest BCUT2D eigenvalue weighted by molar-refractivity contribution is 5.73. The Morgan fingerprint density at radius 3 is 2.47 bits per heavy atom. The zero-order valence-corrected chi connectivity index (χ0v) is 9.16. The van der Waals surface area contributed by atoms with Crippen molar-refractivity contribution in [1.29, 1.82) is 0 Å². The molecule has 1 aromatic rings. The summed E-state index contributed by atoms with van der Waals surface area (Å²) in [7, 11) is 1.46. The largest absolute Gasteiger partial charge is 0.425 e. The van der Waals surface area contributed by atoms with Gasteiger partial charge in [-0.15, -0.1) is 0 Å². The molecule has 0 aliphatic rings. The fourth-order valence-electron chi connectivity index (χ4n) is 1.29. The monoisotopic (exact) mass is 208 g/mol. The topological polar surface area (TPSA) is 35.5 Å². The summed E-state index contributed by atoms with van der Waals surface area (Å²) in [5, 5.41) is 0. The zero-order chi connectivity index (χ0) is 11.1. The normalized spacial score (nSPS) is 10.0. The van der Waals surface area contributed by atoms with Crippen molar-refractivity contribution in [1.82, 2.24) is 0 Å². The van der Waals surface area contributed by atoms with Crippen LogP contribution in [0.3, 0.4) is 0 Å². The number of ether oxygens (including phenoxy) is 2. The summed E-state index contributed by atoms with van der Waals surface area (Å²) < 4.78 is 9.69. The average Bonchev–Trinajstić information content (AvgIpc) is 2.22. The lowest BCUT2D eigenvalue weighted by atomic mass is 10.1. The molecule has 0 atom stereocenters. The van der Waals surface area contributed by atoms with Crippen molar-refractivity contribution in [2.75, 3.05) is 13.7 Å². The van der Waals surface area contributed by atoms with Crippen LogP contribution in [-0.4, -0.2) is 19.7 Å². The summed E-state index contributed by atoms with van der Waals surface area (Å²) in [5.41, 5.74) is 1.25. The Balaban J connectivity index is 2.52. The van der Waals surface area contributed by atoms with E-state index in [2.05, 4.69) is 11.7 Å². The van der Waals surface area contributed by atoms with Gasteiger partial charge in [0.2, 0.25) is 0 Å². The fraction of sp³-hybridized carbons (Fsp3) is 0.417. The Bertz CT molecular complexity index is 303. The Morgan fingerprint density at radius 1 is 1.27 bits per heavy atom. The van der Waals surface area contributed by atoms with E-state index in [0.29, 0.717) is 5.75 Å². The molecule has 0 N–H and O–H groups in total. The highest BCUT2D eigenvalue weighted by Gasteiger charge is 2.03. The minimum Gasteiger partial charge on any atom is -0.425 e. The number of benzene rings is 1. The van der Waals surface area contributed by atoms with Crippen molar-refractivity contribution in [3.05, 3.63) is 29.8 Å². The number of esters is 1. The summed E-state index contributed by atoms with van der Waals surface area (Å²) in [6, 6.07) is 7.55. The minimum atomic E-state index is -0.374. The average molecular weight is 208 g/mol. The number of hydrogen-bond donors (Lipinski definition) is 0. The van der Waals surface area contributed by atoms with E-state index in [9.17, 15) is 4.79 Å². The Morgan fingerprint density at radius 2 is 1.93 bits per heavy atom. The third-order valence-electron chi connectivity index (χ3n) is 1.96. The summed E-state index contributed by atoms with van der Waals surface area (Å²) in [5.74, 6) is 0.192. The van der Waals surface area contributed by atoms with Gasteiger partial charge in [-0.2, -0.15) is 0 Å². The smallest absolute Gasteiger partial charge is 0.337 e. The minimum absolute atomic E-state index is 0.0172. The maximum Gasteiger partial charge on any atom is 0.337 e. The van der Waals surface area contributed by atoms with Crippen LogP contribution in [0.2, 0.25) is 0 Å². The van der Waals surface area contributed by atoms with Crippen molar-refractivity contribution < 1.29 is 14.3 Å². The van der Waals surface area contributed by atoms with E-state index in [1.807, 2.05) is 12.1 Å². The predicted octanol–water partition coefficient (Wildman–Crippen LogP) is 2.19. The maximum atomic E-state index is 11.1. The van der Waals surface area contributed by atoms with Crippen LogP contribution in [-0.2, 0) is 16.0 Å². The van der Waals surface area contributed by atoms with Gasteiger partial charge in [-0.05, 0) is 24.1 Å². The number of carbonyl (C=O) groups is 1. The molecule has 0 saturated heterocycles. The van der Waals surface area contributed by atoms with Crippen LogP contribution in [0.1, 0.15) is 18.9 Å². The highest BCUT2D eigenvalue weighted by atomic mass is 16.6. The van der Waals surface area contributed by atoms with E-state index in [-0.39, 0.29) is 12.6 Å². The van der Waals surface area contributed by atoms with E-state index in [1.165, 1.54) is 12.7 Å². The first-order valence-corrected chi connectivity index (χ1v) is 5.04. The van der Waals surface area contributed by atoms with Crippen LogP contribution in [0.25, 0.3) is 0 Å². The Kier molecular flexibility index (Phi) is 4.84. The van der Waals surface area contributed by atoms with Gasteiger partial charge >= 0.3 is 5.97 Å². The van der Waals surface area contributed by atoms with Crippen LogP contribution in [0.5, 0.6) is 5.75 Å². The quantitative estimate of drug-likeness (QED) is 0.549. The number of methoxy groups -OCH3 is 1. The molecule has 0 spiro atoms. The lowest BCUT2D eigenvalue weighted by Gasteiger charge is -2.04. The molecule has 15 heavy (non-hydrogen) atoms. The molecule has 0 bridgehead atoms. The molecule has 0 radical (unpaired) electrons. The molecule has 1 aromatic carbocycles. The van der Waals surface area contributed by atoms with E-state index >= 15 is 0 Å². The van der Waals surface area contributed by atoms with Gasteiger partial charge in [-0.1, -0.05) is 25.5 Å². The fourth-order valence-corrected chi connectivity index (χ4v) is 1.29. The Labute approximate surface area is 90.0 Å². The van der Waals surface area contributed by atoms with Gasteiger partial charge in [-0.3, -0.25) is 0 Å². The van der Waals surface area contributed by atoms with Crippen LogP contribution < -0.4 is 4.74 Å². The summed E-state index contributed by atoms with van der Waals surface area (Å²) in [4.78, 5) is 11.1. The molecular formula is C12H16O3. The molecule has 0 aliphatic heterocycles. The Hall–Kier alpha value is -1.35. The molecule has 3 heteroatoms. The standard InChI is InChI=1S/C12H16O3/c1-3-4-10-5-7-11(8-6-10)15-12(13)9-14-2/h5-8H,3-4,9H2,1-2H3. The molecule has 0 fully saturated rings. The number of hydrogen-bond acceptors (Lipinski definition) is 3. The zero-order valence-electron chi connectivity index (χ0n) is 9.16. The maximum absolute atomic E-state index is 11.1. The third kappa shape index (κ3) is 4.13. The van der Waals surface area contributed by atoms with Gasteiger partial charge in [-0.25, -0.2) is 4.79 Å². The van der Waals surface area contributed by atoms with E-state index in [1.54, 1.807) is 12.1 Å². The lowest BCUT2D eigenvalue weighted by molar-refractivity contribution is -0.138. The predicted molar refractivity (Wildman–Crippen MR) is 57.9 cm³/mol. The molecule has 0 unspecified atom stereocenters. The number of carbonyl (C=O) groups excluding carboxylic acids is 1. The van der Waals surface area contributed by atoms with Gasteiger partial charge in [0.1, 0.15) is 12.4 Å². The van der Waals surface area contributed by atoms with Gasteiger partial charge in [0, 0.05) is 7.11 Å². The lowest BCUT2D eigenvalue weighted by Crippen LogP contribution is -2.14. The summed E-state index contributed by atoms with van der Waals surface area (Å²) in [6.45, 7) is 2.11. The second kappa shape index (κ2) is 6.19. The van der Waals surface area contributed by atoms with Crippen LogP contribution in [0.4, 0.5) is 0 Å². The van der Waals surface area contributed by atoms with Crippen molar-refractivity contribution >= 4 is 5.97 Å². The molecule has 0 amide bonds. The summed E-state index contributed by atoms with van der Waals surface area (Å²) in [6.07, 6.45) is 2.16. The molecule has 0 saturated carbocycles. The second-order valence-electron chi connectivity index (χ2n) is 3.30. The highest BCUT2D eigenvalue weighted by Crippen LogP contribution is 2.13. The molecule has 0 aliphatic carbocycles. The first-order valence-electron chi connectivity index (χ1n) is 5.04. The molecule has 3 nitrogen and oxygen atoms in total. The molecule has 0 aromatic heterocycles. The molecule has 1 rings (SSSR count). The second-order valence-corrected chi connectivity index (χ2v) is 3.30. The van der Waals surface area contributed by atoms with E-state index in [0.717, 1.165) is 12.8 Å². The van der Waals surface area contributed by atoms with Gasteiger partial charge in [0.05, 0.1) is 0 Å². The van der Waals surface area contributed by atoms with Crippen LogP contribution in [0, 0.1) is 0 Å². The first kappa shape index (κ1) is 11.7. The molecule has 82 valence electrons. The molecular weight excluding hydrogens is 192 g/mol. The van der Waals surface area contributed by atoms with Crippen LogP contribution >= 0.6 is 0 Å². The van der Waals surface area contributed by atoms with Crippen LogP contribution in [0.15, 0.2) is 24.3 Å². The third-order valence-corrected chi connectivity index (χ3v) is 1.96. The first-order chi connectivity index (χ1) is 7.26. The van der Waals surface area contributed by atoms with E-state index < -0.39 is 0 Å². The number of rotatable bonds is 5. The van der Waals surface area contributed by atoms with Crippen molar-refractivity contribution in [2.45, 2.75) is 19.8 Å². The molecule has 0 heterocycles. The van der Waals surface area contributed by atoms with Gasteiger partial charge in [0.15, 0.2) is 0 Å². The van der Waals surface area contributed by atoms with Crippen molar-refractivity contribution in [3.63, 3.8) is 0 Å². The SMILES string of the molecule is CCCc1ccc(OC(=O)COC)cc1. The van der Waals surface area contributed by atoms with Gasteiger partial charge in [0.25, 0.3) is 0 Å². The van der Waals surface area contributed by atoms with Crippen molar-refractivity contribution in [2.24, 2.45) is 0 Å². The van der Waals surface area contributed by atoms with Gasteiger partial charge < -0.3 is 9.47 Å². The summed E-state index contributed by atoms with van der Waals surface area (Å²) >= 11 is 0. The number of aryl methyl sites for hydroxylation is 1. The van der Waals surface area contributed by atoms with E-state index in [4.69, 9.17) is 4.74 Å².